The average Bonchev–Trinajstić information content (AvgIpc) is 2.43. The van der Waals surface area contributed by atoms with E-state index in [1.165, 1.54) is 42.8 Å². The predicted molar refractivity (Wildman–Crippen MR) is 78.2 cm³/mol. The van der Waals surface area contributed by atoms with Gasteiger partial charge in [-0.1, -0.05) is 6.08 Å². The normalized spacial score (nSPS) is 11.6. The Labute approximate surface area is 119 Å². The molecule has 0 amide bonds. The molecule has 1 aromatic rings. The molecule has 0 heterocycles. The Morgan fingerprint density at radius 1 is 1.40 bits per heavy atom. The molecule has 20 heavy (non-hydrogen) atoms. The van der Waals surface area contributed by atoms with Gasteiger partial charge in [-0.25, -0.2) is 8.42 Å². The van der Waals surface area contributed by atoms with Gasteiger partial charge in [-0.05, 0) is 18.2 Å². The number of hydrogen-bond acceptors (Lipinski definition) is 5. The molecule has 0 aromatic heterocycles. The molecule has 1 aromatic carbocycles. The van der Waals surface area contributed by atoms with Crippen LogP contribution in [0.25, 0.3) is 0 Å². The lowest BCUT2D eigenvalue weighted by Crippen LogP contribution is -2.34. The zero-order valence-corrected chi connectivity index (χ0v) is 12.5. The van der Waals surface area contributed by atoms with Crippen molar-refractivity contribution in [2.24, 2.45) is 0 Å². The van der Waals surface area contributed by atoms with Crippen LogP contribution in [0.5, 0.6) is 5.75 Å². The van der Waals surface area contributed by atoms with Gasteiger partial charge in [0.25, 0.3) is 0 Å². The van der Waals surface area contributed by atoms with Crippen molar-refractivity contribution in [3.63, 3.8) is 0 Å². The number of nitrogen functional groups attached to an aromatic ring is 1. The van der Waals surface area contributed by atoms with Crippen LogP contribution in [0.15, 0.2) is 35.7 Å². The van der Waals surface area contributed by atoms with Crippen molar-refractivity contribution in [3.8, 4) is 5.75 Å². The van der Waals surface area contributed by atoms with Crippen molar-refractivity contribution >= 4 is 15.7 Å². The van der Waals surface area contributed by atoms with Gasteiger partial charge in [0.15, 0.2) is 0 Å². The number of rotatable bonds is 8. The fraction of sp³-hybridized carbons (Fsp3) is 0.385. The van der Waals surface area contributed by atoms with Crippen LogP contribution in [0.4, 0.5) is 5.69 Å². The summed E-state index contributed by atoms with van der Waals surface area (Å²) >= 11 is 0. The molecule has 0 aliphatic carbocycles. The molecule has 0 saturated heterocycles. The Morgan fingerprint density at radius 3 is 2.60 bits per heavy atom. The highest BCUT2D eigenvalue weighted by atomic mass is 32.2. The molecule has 112 valence electrons. The average molecular weight is 300 g/mol. The summed E-state index contributed by atoms with van der Waals surface area (Å²) in [6.07, 6.45) is 1.53. The summed E-state index contributed by atoms with van der Waals surface area (Å²) < 4.78 is 36.2. The Morgan fingerprint density at radius 2 is 2.10 bits per heavy atom. The van der Waals surface area contributed by atoms with E-state index in [2.05, 4.69) is 6.58 Å². The molecular weight excluding hydrogens is 280 g/mol. The fourth-order valence-corrected chi connectivity index (χ4v) is 3.10. The van der Waals surface area contributed by atoms with Gasteiger partial charge in [-0.3, -0.25) is 0 Å². The van der Waals surface area contributed by atoms with Crippen LogP contribution < -0.4 is 10.5 Å². The summed E-state index contributed by atoms with van der Waals surface area (Å²) in [7, 11) is -0.644. The molecule has 0 spiro atoms. The lowest BCUT2D eigenvalue weighted by molar-refractivity contribution is 0.182. The SMILES string of the molecule is C=CCN(CCOC)S(=O)(=O)c1ccc(OC)c(N)c1. The van der Waals surface area contributed by atoms with E-state index < -0.39 is 10.0 Å². The van der Waals surface area contributed by atoms with Crippen LogP contribution in [0.2, 0.25) is 0 Å². The molecule has 2 N–H and O–H groups in total. The number of anilines is 1. The van der Waals surface area contributed by atoms with Gasteiger partial charge in [0.1, 0.15) is 5.75 Å². The zero-order valence-electron chi connectivity index (χ0n) is 11.7. The molecule has 0 fully saturated rings. The van der Waals surface area contributed by atoms with Crippen LogP contribution >= 0.6 is 0 Å². The highest BCUT2D eigenvalue weighted by Gasteiger charge is 2.23. The summed E-state index contributed by atoms with van der Waals surface area (Å²) in [5.74, 6) is 0.441. The Balaban J connectivity index is 3.11. The molecule has 0 aliphatic rings. The lowest BCUT2D eigenvalue weighted by atomic mass is 10.3. The fourth-order valence-electron chi connectivity index (χ4n) is 1.67. The second kappa shape index (κ2) is 7.28. The second-order valence-electron chi connectivity index (χ2n) is 4.05. The van der Waals surface area contributed by atoms with Crippen LogP contribution in [0.3, 0.4) is 0 Å². The lowest BCUT2D eigenvalue weighted by Gasteiger charge is -2.20. The van der Waals surface area contributed by atoms with Crippen LogP contribution in [-0.2, 0) is 14.8 Å². The van der Waals surface area contributed by atoms with E-state index in [-0.39, 0.29) is 23.7 Å². The van der Waals surface area contributed by atoms with Crippen molar-refractivity contribution in [2.45, 2.75) is 4.90 Å². The number of nitrogens with zero attached hydrogens (tertiary/aromatic N) is 1. The van der Waals surface area contributed by atoms with Crippen molar-refractivity contribution in [3.05, 3.63) is 30.9 Å². The monoisotopic (exact) mass is 300 g/mol. The molecule has 0 bridgehead atoms. The quantitative estimate of drug-likeness (QED) is 0.574. The van der Waals surface area contributed by atoms with Crippen LogP contribution in [0, 0.1) is 0 Å². The summed E-state index contributed by atoms with van der Waals surface area (Å²) in [6.45, 7) is 4.33. The maximum absolute atomic E-state index is 12.5. The van der Waals surface area contributed by atoms with Gasteiger partial charge in [-0.2, -0.15) is 4.31 Å². The van der Waals surface area contributed by atoms with E-state index in [4.69, 9.17) is 15.2 Å². The van der Waals surface area contributed by atoms with Crippen LogP contribution in [0.1, 0.15) is 0 Å². The molecule has 7 heteroatoms. The molecule has 0 radical (unpaired) electrons. The third kappa shape index (κ3) is 3.72. The van der Waals surface area contributed by atoms with Gasteiger partial charge in [0, 0.05) is 20.2 Å². The van der Waals surface area contributed by atoms with Crippen LogP contribution in [-0.4, -0.2) is 46.6 Å². The minimum Gasteiger partial charge on any atom is -0.495 e. The topological polar surface area (TPSA) is 81.9 Å². The molecule has 0 atom stereocenters. The Kier molecular flexibility index (Phi) is 6.00. The molecule has 6 nitrogen and oxygen atoms in total. The van der Waals surface area contributed by atoms with Crippen molar-refractivity contribution in [1.29, 1.82) is 0 Å². The maximum Gasteiger partial charge on any atom is 0.243 e. The molecular formula is C13H20N2O4S. The zero-order chi connectivity index (χ0) is 15.2. The molecule has 1 rings (SSSR count). The van der Waals surface area contributed by atoms with Gasteiger partial charge >= 0.3 is 0 Å². The van der Waals surface area contributed by atoms with E-state index in [1.54, 1.807) is 0 Å². The van der Waals surface area contributed by atoms with E-state index in [0.717, 1.165) is 0 Å². The van der Waals surface area contributed by atoms with Gasteiger partial charge < -0.3 is 15.2 Å². The number of hydrogen-bond donors (Lipinski definition) is 1. The highest BCUT2D eigenvalue weighted by Crippen LogP contribution is 2.26. The number of sulfonamides is 1. The summed E-state index contributed by atoms with van der Waals surface area (Å²) in [5.41, 5.74) is 6.03. The first-order valence-corrected chi connectivity index (χ1v) is 7.45. The third-order valence-electron chi connectivity index (χ3n) is 2.72. The maximum atomic E-state index is 12.5. The minimum absolute atomic E-state index is 0.119. The largest absolute Gasteiger partial charge is 0.495 e. The number of methoxy groups -OCH3 is 2. The molecule has 0 unspecified atom stereocenters. The Hall–Kier alpha value is -1.57. The van der Waals surface area contributed by atoms with E-state index in [1.807, 2.05) is 0 Å². The summed E-state index contributed by atoms with van der Waals surface area (Å²) in [6, 6.07) is 4.38. The first kappa shape index (κ1) is 16.5. The number of benzene rings is 1. The van der Waals surface area contributed by atoms with Crippen molar-refractivity contribution in [1.82, 2.24) is 4.31 Å². The van der Waals surface area contributed by atoms with Crippen molar-refractivity contribution < 1.29 is 17.9 Å². The summed E-state index contributed by atoms with van der Waals surface area (Å²) in [5, 5.41) is 0. The van der Waals surface area contributed by atoms with E-state index in [0.29, 0.717) is 12.4 Å². The van der Waals surface area contributed by atoms with Gasteiger partial charge in [0.2, 0.25) is 10.0 Å². The second-order valence-corrected chi connectivity index (χ2v) is 5.99. The first-order valence-electron chi connectivity index (χ1n) is 6.00. The minimum atomic E-state index is -3.64. The number of nitrogens with two attached hydrogens (primary N) is 1. The van der Waals surface area contributed by atoms with Gasteiger partial charge in [0.05, 0.1) is 24.3 Å². The third-order valence-corrected chi connectivity index (χ3v) is 4.58. The molecule has 0 aliphatic heterocycles. The standard InChI is InChI=1S/C13H20N2O4S/c1-4-7-15(8-9-18-2)20(16,17)11-5-6-13(19-3)12(14)10-11/h4-6,10H,1,7-9,14H2,2-3H3. The summed E-state index contributed by atoms with van der Waals surface area (Å²) in [4.78, 5) is 0.119. The smallest absolute Gasteiger partial charge is 0.243 e. The van der Waals surface area contributed by atoms with Gasteiger partial charge in [-0.15, -0.1) is 6.58 Å². The van der Waals surface area contributed by atoms with E-state index in [9.17, 15) is 8.42 Å². The first-order chi connectivity index (χ1) is 9.47. The highest BCUT2D eigenvalue weighted by molar-refractivity contribution is 7.89. The Bertz CT molecular complexity index is 557. The number of ether oxygens (including phenoxy) is 2. The molecule has 0 saturated carbocycles. The predicted octanol–water partition coefficient (Wildman–Crippen LogP) is 1.10. The van der Waals surface area contributed by atoms with E-state index >= 15 is 0 Å². The van der Waals surface area contributed by atoms with Crippen molar-refractivity contribution in [2.75, 3.05) is 39.6 Å².